The summed E-state index contributed by atoms with van der Waals surface area (Å²) >= 11 is 3.44. The highest BCUT2D eigenvalue weighted by molar-refractivity contribution is 9.10. The second-order valence-corrected chi connectivity index (χ2v) is 6.44. The number of halogens is 1. The van der Waals surface area contributed by atoms with E-state index in [0.29, 0.717) is 23.5 Å². The number of aliphatic hydroxyl groups excluding tert-OH is 1. The van der Waals surface area contributed by atoms with E-state index in [0.717, 1.165) is 10.9 Å². The summed E-state index contributed by atoms with van der Waals surface area (Å²) in [6.45, 7) is 0. The summed E-state index contributed by atoms with van der Waals surface area (Å²) in [5, 5.41) is 10.6. The number of aryl methyl sites for hydroxylation is 1. The van der Waals surface area contributed by atoms with E-state index >= 15 is 0 Å². The first-order chi connectivity index (χ1) is 9.27. The monoisotopic (exact) mass is 318 g/mol. The molecule has 4 atom stereocenters. The second-order valence-electron chi connectivity index (χ2n) is 5.58. The summed E-state index contributed by atoms with van der Waals surface area (Å²) in [6.07, 6.45) is 3.45. The molecule has 1 saturated carbocycles. The first kappa shape index (κ1) is 11.7. The molecule has 1 aromatic heterocycles. The molecule has 19 heavy (non-hydrogen) atoms. The normalized spacial score (nSPS) is 29.5. The van der Waals surface area contributed by atoms with Crippen LogP contribution in [0.2, 0.25) is 0 Å². The average molecular weight is 319 g/mol. The number of aliphatic hydroxyl groups is 1. The van der Waals surface area contributed by atoms with Gasteiger partial charge in [0.25, 0.3) is 0 Å². The first-order valence-electron chi connectivity index (χ1n) is 6.76. The van der Waals surface area contributed by atoms with Crippen molar-refractivity contribution in [2.45, 2.75) is 24.9 Å². The van der Waals surface area contributed by atoms with Gasteiger partial charge < -0.3 is 9.52 Å². The molecule has 1 aromatic carbocycles. The topological polar surface area (TPSA) is 33.4 Å². The second kappa shape index (κ2) is 4.22. The van der Waals surface area contributed by atoms with Crippen molar-refractivity contribution in [3.05, 3.63) is 58.0 Å². The highest BCUT2D eigenvalue weighted by atomic mass is 79.9. The molecule has 1 N–H and O–H groups in total. The highest BCUT2D eigenvalue weighted by Crippen LogP contribution is 2.64. The van der Waals surface area contributed by atoms with Crippen LogP contribution in [0.15, 0.2) is 45.5 Å². The predicted molar refractivity (Wildman–Crippen MR) is 75.9 cm³/mol. The Morgan fingerprint density at radius 1 is 1.26 bits per heavy atom. The minimum absolute atomic E-state index is 0.311. The molecule has 2 nitrogen and oxygen atoms in total. The molecule has 2 aliphatic carbocycles. The molecule has 98 valence electrons. The molecule has 2 aromatic rings. The SMILES string of the molecule is OC(c1occc1Br)C1C2CCc3ccccc3C21. The minimum atomic E-state index is -0.495. The maximum absolute atomic E-state index is 10.6. The van der Waals surface area contributed by atoms with Gasteiger partial charge in [0.1, 0.15) is 11.9 Å². The van der Waals surface area contributed by atoms with Gasteiger partial charge in [0.15, 0.2) is 0 Å². The van der Waals surface area contributed by atoms with Gasteiger partial charge in [-0.05, 0) is 57.8 Å². The Morgan fingerprint density at radius 2 is 2.11 bits per heavy atom. The molecular weight excluding hydrogens is 304 g/mol. The Balaban J connectivity index is 1.66. The lowest BCUT2D eigenvalue weighted by atomic mass is 9.92. The third-order valence-electron chi connectivity index (χ3n) is 4.67. The Hall–Kier alpha value is -1.06. The van der Waals surface area contributed by atoms with Crippen molar-refractivity contribution in [3.63, 3.8) is 0 Å². The Kier molecular flexibility index (Phi) is 2.61. The van der Waals surface area contributed by atoms with E-state index in [9.17, 15) is 5.11 Å². The van der Waals surface area contributed by atoms with E-state index in [1.165, 1.54) is 17.5 Å². The fourth-order valence-electron chi connectivity index (χ4n) is 3.74. The van der Waals surface area contributed by atoms with Crippen LogP contribution >= 0.6 is 15.9 Å². The summed E-state index contributed by atoms with van der Waals surface area (Å²) < 4.78 is 6.30. The molecule has 4 unspecified atom stereocenters. The fourth-order valence-corrected chi connectivity index (χ4v) is 4.18. The van der Waals surface area contributed by atoms with Crippen molar-refractivity contribution in [3.8, 4) is 0 Å². The van der Waals surface area contributed by atoms with Gasteiger partial charge in [-0.1, -0.05) is 24.3 Å². The van der Waals surface area contributed by atoms with Gasteiger partial charge in [0.2, 0.25) is 0 Å². The van der Waals surface area contributed by atoms with Crippen molar-refractivity contribution >= 4 is 15.9 Å². The zero-order valence-corrected chi connectivity index (χ0v) is 12.0. The molecule has 0 spiro atoms. The zero-order chi connectivity index (χ0) is 13.0. The van der Waals surface area contributed by atoms with Crippen LogP contribution in [0.25, 0.3) is 0 Å². The van der Waals surface area contributed by atoms with Gasteiger partial charge in [-0.3, -0.25) is 0 Å². The molecule has 0 saturated heterocycles. The summed E-state index contributed by atoms with van der Waals surface area (Å²) in [4.78, 5) is 0. The Morgan fingerprint density at radius 3 is 2.89 bits per heavy atom. The van der Waals surface area contributed by atoms with Gasteiger partial charge in [-0.2, -0.15) is 0 Å². The number of hydrogen-bond acceptors (Lipinski definition) is 2. The van der Waals surface area contributed by atoms with Crippen LogP contribution in [0.3, 0.4) is 0 Å². The molecule has 3 heteroatoms. The van der Waals surface area contributed by atoms with Crippen LogP contribution in [-0.2, 0) is 6.42 Å². The van der Waals surface area contributed by atoms with Crippen LogP contribution < -0.4 is 0 Å². The first-order valence-corrected chi connectivity index (χ1v) is 7.55. The molecule has 0 bridgehead atoms. The van der Waals surface area contributed by atoms with E-state index in [1.54, 1.807) is 6.26 Å². The summed E-state index contributed by atoms with van der Waals surface area (Å²) in [5.41, 5.74) is 2.89. The third kappa shape index (κ3) is 1.72. The van der Waals surface area contributed by atoms with E-state index in [1.807, 2.05) is 6.07 Å². The van der Waals surface area contributed by atoms with Crippen molar-refractivity contribution in [1.29, 1.82) is 0 Å². The molecule has 0 aliphatic heterocycles. The molecule has 1 heterocycles. The summed E-state index contributed by atoms with van der Waals surface area (Å²) in [5.74, 6) is 2.11. The van der Waals surface area contributed by atoms with Gasteiger partial charge in [0, 0.05) is 5.92 Å². The molecule has 4 rings (SSSR count). The number of fused-ring (bicyclic) bond motifs is 3. The number of hydrogen-bond donors (Lipinski definition) is 1. The van der Waals surface area contributed by atoms with E-state index in [-0.39, 0.29) is 0 Å². The number of furan rings is 1. The smallest absolute Gasteiger partial charge is 0.146 e. The summed E-state index contributed by atoms with van der Waals surface area (Å²) in [7, 11) is 0. The number of benzene rings is 1. The largest absolute Gasteiger partial charge is 0.465 e. The van der Waals surface area contributed by atoms with E-state index in [2.05, 4.69) is 40.2 Å². The van der Waals surface area contributed by atoms with Crippen molar-refractivity contribution < 1.29 is 9.52 Å². The Bertz CT molecular complexity index is 619. The van der Waals surface area contributed by atoms with Crippen molar-refractivity contribution in [1.82, 2.24) is 0 Å². The van der Waals surface area contributed by atoms with Crippen molar-refractivity contribution in [2.24, 2.45) is 11.8 Å². The van der Waals surface area contributed by atoms with E-state index < -0.39 is 6.10 Å². The maximum Gasteiger partial charge on any atom is 0.146 e. The predicted octanol–water partition coefficient (Wildman–Crippen LogP) is 4.05. The quantitative estimate of drug-likeness (QED) is 0.906. The van der Waals surface area contributed by atoms with Crippen LogP contribution in [0, 0.1) is 11.8 Å². The third-order valence-corrected chi connectivity index (χ3v) is 5.32. The lowest BCUT2D eigenvalue weighted by molar-refractivity contribution is 0.118. The van der Waals surface area contributed by atoms with Crippen LogP contribution in [0.1, 0.15) is 35.3 Å². The summed E-state index contributed by atoms with van der Waals surface area (Å²) in [6, 6.07) is 10.5. The molecule has 1 fully saturated rings. The highest BCUT2D eigenvalue weighted by Gasteiger charge is 2.57. The van der Waals surface area contributed by atoms with Crippen LogP contribution in [-0.4, -0.2) is 5.11 Å². The fraction of sp³-hybridized carbons (Fsp3) is 0.375. The van der Waals surface area contributed by atoms with Crippen LogP contribution in [0.4, 0.5) is 0 Å². The maximum atomic E-state index is 10.6. The van der Waals surface area contributed by atoms with Gasteiger partial charge in [-0.15, -0.1) is 0 Å². The standard InChI is InChI=1S/C16H15BrO2/c17-12-7-8-19-16(12)15(18)14-11-6-5-9-3-1-2-4-10(9)13(11)14/h1-4,7-8,11,13-15,18H,5-6H2. The van der Waals surface area contributed by atoms with Crippen LogP contribution in [0.5, 0.6) is 0 Å². The molecule has 2 aliphatic rings. The molecule has 0 radical (unpaired) electrons. The average Bonchev–Trinajstić information content (AvgIpc) is 3.04. The minimum Gasteiger partial charge on any atom is -0.465 e. The molecule has 0 amide bonds. The van der Waals surface area contributed by atoms with Gasteiger partial charge in [0.05, 0.1) is 10.7 Å². The van der Waals surface area contributed by atoms with Gasteiger partial charge >= 0.3 is 0 Å². The van der Waals surface area contributed by atoms with Gasteiger partial charge in [-0.25, -0.2) is 0 Å². The zero-order valence-electron chi connectivity index (χ0n) is 10.4. The lowest BCUT2D eigenvalue weighted by Crippen LogP contribution is -2.01. The molecular formula is C16H15BrO2. The number of rotatable bonds is 2. The van der Waals surface area contributed by atoms with Crippen molar-refractivity contribution in [2.75, 3.05) is 0 Å². The van der Waals surface area contributed by atoms with E-state index in [4.69, 9.17) is 4.42 Å². The Labute approximate surface area is 120 Å². The lowest BCUT2D eigenvalue weighted by Gasteiger charge is -2.13.